The summed E-state index contributed by atoms with van der Waals surface area (Å²) in [6.45, 7) is 4.35. The Bertz CT molecular complexity index is 821. The summed E-state index contributed by atoms with van der Waals surface area (Å²) < 4.78 is 0. The first kappa shape index (κ1) is 15.8. The zero-order valence-electron chi connectivity index (χ0n) is 13.6. The first-order valence-corrected chi connectivity index (χ1v) is 7.66. The SMILES string of the molecule is CC1(C)C(C=Cc2ccc(ONC(N)=O)cc2)=Nc2ccccc21. The average Bonchev–Trinajstić information content (AvgIpc) is 2.83. The normalized spacial score (nSPS) is 15.0. The Hall–Kier alpha value is -3.08. The van der Waals surface area contributed by atoms with Gasteiger partial charge in [-0.05, 0) is 35.4 Å². The van der Waals surface area contributed by atoms with E-state index in [0.29, 0.717) is 5.75 Å². The third kappa shape index (κ3) is 3.15. The van der Waals surface area contributed by atoms with Crippen LogP contribution in [0.25, 0.3) is 6.08 Å². The van der Waals surface area contributed by atoms with E-state index in [0.717, 1.165) is 17.0 Å². The van der Waals surface area contributed by atoms with E-state index in [9.17, 15) is 4.79 Å². The zero-order chi connectivity index (χ0) is 17.2. The third-order valence-electron chi connectivity index (χ3n) is 4.04. The van der Waals surface area contributed by atoms with E-state index in [4.69, 9.17) is 15.6 Å². The van der Waals surface area contributed by atoms with Crippen molar-refractivity contribution in [1.29, 1.82) is 0 Å². The van der Waals surface area contributed by atoms with Crippen molar-refractivity contribution in [3.8, 4) is 5.75 Å². The van der Waals surface area contributed by atoms with Crippen LogP contribution in [0.3, 0.4) is 0 Å². The van der Waals surface area contributed by atoms with E-state index >= 15 is 0 Å². The van der Waals surface area contributed by atoms with Crippen molar-refractivity contribution in [2.75, 3.05) is 0 Å². The van der Waals surface area contributed by atoms with Crippen LogP contribution < -0.4 is 16.1 Å². The van der Waals surface area contributed by atoms with E-state index < -0.39 is 6.03 Å². The van der Waals surface area contributed by atoms with Crippen LogP contribution in [0.2, 0.25) is 0 Å². The lowest BCUT2D eigenvalue weighted by molar-refractivity contribution is 0.185. The number of primary amides is 1. The topological polar surface area (TPSA) is 76.7 Å². The second-order valence-electron chi connectivity index (χ2n) is 6.11. The molecule has 1 aliphatic heterocycles. The molecule has 0 atom stereocenters. The van der Waals surface area contributed by atoms with Gasteiger partial charge in [0.1, 0.15) is 0 Å². The number of hydroxylamine groups is 1. The van der Waals surface area contributed by atoms with Crippen molar-refractivity contribution < 1.29 is 9.63 Å². The molecule has 1 aliphatic rings. The molecule has 5 nitrogen and oxygen atoms in total. The predicted molar refractivity (Wildman–Crippen MR) is 95.4 cm³/mol. The summed E-state index contributed by atoms with van der Waals surface area (Å²) in [7, 11) is 0. The molecule has 1 heterocycles. The van der Waals surface area contributed by atoms with Crippen molar-refractivity contribution in [1.82, 2.24) is 5.48 Å². The van der Waals surface area contributed by atoms with Crippen molar-refractivity contribution in [2.45, 2.75) is 19.3 Å². The van der Waals surface area contributed by atoms with Crippen molar-refractivity contribution in [2.24, 2.45) is 10.7 Å². The first-order chi connectivity index (χ1) is 11.5. The quantitative estimate of drug-likeness (QED) is 0.842. The number of amides is 2. The number of aliphatic imine (C=N–C) groups is 1. The second kappa shape index (κ2) is 6.20. The third-order valence-corrected chi connectivity index (χ3v) is 4.04. The number of urea groups is 1. The Labute approximate surface area is 140 Å². The predicted octanol–water partition coefficient (Wildman–Crippen LogP) is 3.73. The summed E-state index contributed by atoms with van der Waals surface area (Å²) in [4.78, 5) is 20.3. The van der Waals surface area contributed by atoms with E-state index in [-0.39, 0.29) is 5.41 Å². The monoisotopic (exact) mass is 321 g/mol. The number of benzene rings is 2. The summed E-state index contributed by atoms with van der Waals surface area (Å²) >= 11 is 0. The number of fused-ring (bicyclic) bond motifs is 1. The molecule has 0 unspecified atom stereocenters. The molecule has 3 rings (SSSR count). The standard InChI is InChI=1S/C19H19N3O2/c1-19(2)15-5-3-4-6-16(15)21-17(19)12-9-13-7-10-14(11-8-13)24-22-18(20)23/h3-12H,1-2H3,(H3,20,22,23). The number of carbonyl (C=O) groups is 1. The minimum atomic E-state index is -0.736. The van der Waals surface area contributed by atoms with Gasteiger partial charge in [-0.15, -0.1) is 0 Å². The Morgan fingerprint density at radius 3 is 2.50 bits per heavy atom. The molecule has 0 bridgehead atoms. The molecule has 0 aliphatic carbocycles. The number of nitrogens with two attached hydrogens (primary N) is 1. The van der Waals surface area contributed by atoms with Gasteiger partial charge in [-0.3, -0.25) is 4.99 Å². The minimum Gasteiger partial charge on any atom is -0.378 e. The van der Waals surface area contributed by atoms with Gasteiger partial charge in [0, 0.05) is 5.41 Å². The Morgan fingerprint density at radius 1 is 1.12 bits per heavy atom. The van der Waals surface area contributed by atoms with Gasteiger partial charge in [-0.1, -0.05) is 50.3 Å². The van der Waals surface area contributed by atoms with Crippen LogP contribution in [0.5, 0.6) is 5.75 Å². The first-order valence-electron chi connectivity index (χ1n) is 7.66. The highest BCUT2D eigenvalue weighted by Crippen LogP contribution is 2.40. The van der Waals surface area contributed by atoms with Crippen LogP contribution in [0, 0.1) is 0 Å². The Balaban J connectivity index is 1.74. The molecule has 2 aromatic rings. The fourth-order valence-electron chi connectivity index (χ4n) is 2.68. The van der Waals surface area contributed by atoms with Crippen LogP contribution in [0.4, 0.5) is 10.5 Å². The molecule has 0 fully saturated rings. The maximum Gasteiger partial charge on any atom is 0.345 e. The van der Waals surface area contributed by atoms with Gasteiger partial charge in [0.2, 0.25) is 0 Å². The van der Waals surface area contributed by atoms with Crippen LogP contribution >= 0.6 is 0 Å². The highest BCUT2D eigenvalue weighted by molar-refractivity contribution is 6.10. The van der Waals surface area contributed by atoms with E-state index in [1.54, 1.807) is 12.1 Å². The zero-order valence-corrected chi connectivity index (χ0v) is 13.6. The van der Waals surface area contributed by atoms with E-state index in [1.807, 2.05) is 42.5 Å². The van der Waals surface area contributed by atoms with Gasteiger partial charge in [0.25, 0.3) is 0 Å². The van der Waals surface area contributed by atoms with Crippen LogP contribution in [-0.2, 0) is 5.41 Å². The molecular formula is C19H19N3O2. The molecule has 122 valence electrons. The molecule has 5 heteroatoms. The number of carbonyl (C=O) groups excluding carboxylic acids is 1. The molecular weight excluding hydrogens is 302 g/mol. The molecule has 2 amide bonds. The summed E-state index contributed by atoms with van der Waals surface area (Å²) in [5.41, 5.74) is 11.2. The molecule has 0 aromatic heterocycles. The van der Waals surface area contributed by atoms with E-state index in [1.165, 1.54) is 5.56 Å². The van der Waals surface area contributed by atoms with Gasteiger partial charge in [-0.25, -0.2) is 4.79 Å². The fraction of sp³-hybridized carbons (Fsp3) is 0.158. The summed E-state index contributed by atoms with van der Waals surface area (Å²) in [6.07, 6.45) is 4.05. The van der Waals surface area contributed by atoms with Gasteiger partial charge in [0.05, 0.1) is 11.4 Å². The molecule has 2 aromatic carbocycles. The van der Waals surface area contributed by atoms with Gasteiger partial charge < -0.3 is 10.6 Å². The number of hydrogen-bond donors (Lipinski definition) is 2. The number of para-hydroxylation sites is 1. The maximum absolute atomic E-state index is 10.6. The molecule has 0 radical (unpaired) electrons. The molecule has 3 N–H and O–H groups in total. The lowest BCUT2D eigenvalue weighted by Gasteiger charge is -2.20. The van der Waals surface area contributed by atoms with Crippen LogP contribution in [0.1, 0.15) is 25.0 Å². The Morgan fingerprint density at radius 2 is 1.83 bits per heavy atom. The Kier molecular flexibility index (Phi) is 4.08. The number of hydrogen-bond acceptors (Lipinski definition) is 3. The van der Waals surface area contributed by atoms with Gasteiger partial charge >= 0.3 is 6.03 Å². The fourth-order valence-corrected chi connectivity index (χ4v) is 2.68. The average molecular weight is 321 g/mol. The molecule has 0 saturated heterocycles. The number of rotatable bonds is 4. The lowest BCUT2D eigenvalue weighted by Crippen LogP contribution is -2.32. The van der Waals surface area contributed by atoms with Gasteiger partial charge in [0.15, 0.2) is 5.75 Å². The number of nitrogens with zero attached hydrogens (tertiary/aromatic N) is 1. The largest absolute Gasteiger partial charge is 0.378 e. The summed E-state index contributed by atoms with van der Waals surface area (Å²) in [6, 6.07) is 14.8. The highest BCUT2D eigenvalue weighted by atomic mass is 16.7. The van der Waals surface area contributed by atoms with Crippen molar-refractivity contribution >= 4 is 23.5 Å². The lowest BCUT2D eigenvalue weighted by atomic mass is 9.81. The van der Waals surface area contributed by atoms with Crippen LogP contribution in [0.15, 0.2) is 59.6 Å². The summed E-state index contributed by atoms with van der Waals surface area (Å²) in [5.74, 6) is 0.511. The number of allylic oxidation sites excluding steroid dienone is 1. The second-order valence-corrected chi connectivity index (χ2v) is 6.11. The molecule has 24 heavy (non-hydrogen) atoms. The minimum absolute atomic E-state index is 0.110. The van der Waals surface area contributed by atoms with E-state index in [2.05, 4.69) is 25.4 Å². The smallest absolute Gasteiger partial charge is 0.345 e. The number of nitrogens with one attached hydrogen (secondary N) is 1. The molecule has 0 spiro atoms. The van der Waals surface area contributed by atoms with Gasteiger partial charge in [-0.2, -0.15) is 5.48 Å². The summed E-state index contributed by atoms with van der Waals surface area (Å²) in [5, 5.41) is 0. The van der Waals surface area contributed by atoms with Crippen molar-refractivity contribution in [3.05, 3.63) is 65.7 Å². The maximum atomic E-state index is 10.6. The van der Waals surface area contributed by atoms with Crippen LogP contribution in [-0.4, -0.2) is 11.7 Å². The van der Waals surface area contributed by atoms with Crippen molar-refractivity contribution in [3.63, 3.8) is 0 Å². The highest BCUT2D eigenvalue weighted by Gasteiger charge is 2.32. The molecule has 0 saturated carbocycles.